The average Bonchev–Trinajstić information content (AvgIpc) is 3.08. The summed E-state index contributed by atoms with van der Waals surface area (Å²) >= 11 is 0. The van der Waals surface area contributed by atoms with Crippen LogP contribution in [0.15, 0.2) is 30.3 Å². The first-order valence-electron chi connectivity index (χ1n) is 5.32. The highest BCUT2D eigenvalue weighted by Gasteiger charge is 2.49. The molecule has 0 N–H and O–H groups in total. The quantitative estimate of drug-likeness (QED) is 0.680. The Morgan fingerprint density at radius 1 is 1.33 bits per heavy atom. The number of rotatable bonds is 4. The minimum Gasteiger partial charge on any atom is -0.299 e. The molecule has 0 amide bonds. The van der Waals surface area contributed by atoms with Gasteiger partial charge in [-0.05, 0) is 18.4 Å². The van der Waals surface area contributed by atoms with Crippen molar-refractivity contribution in [3.63, 3.8) is 0 Å². The Morgan fingerprint density at radius 3 is 2.53 bits per heavy atom. The Balaban J connectivity index is 2.15. The monoisotopic (exact) mass is 198 g/mol. The van der Waals surface area contributed by atoms with Crippen LogP contribution in [0.1, 0.15) is 31.2 Å². The fraction of sp³-hybridized carbons (Fsp3) is 0.357. The van der Waals surface area contributed by atoms with Crippen molar-refractivity contribution in [2.75, 3.05) is 0 Å². The van der Waals surface area contributed by atoms with Crippen LogP contribution in [-0.4, -0.2) is 5.78 Å². The lowest BCUT2D eigenvalue weighted by Gasteiger charge is -2.13. The van der Waals surface area contributed by atoms with Crippen molar-refractivity contribution < 1.29 is 4.79 Å². The zero-order valence-electron chi connectivity index (χ0n) is 8.70. The number of hydrogen-bond donors (Lipinski definition) is 0. The summed E-state index contributed by atoms with van der Waals surface area (Å²) in [6.07, 6.45) is 8.23. The van der Waals surface area contributed by atoms with Crippen molar-refractivity contribution in [2.45, 2.75) is 31.1 Å². The van der Waals surface area contributed by atoms with E-state index in [0.29, 0.717) is 18.6 Å². The third kappa shape index (κ3) is 1.80. The molecule has 0 atom stereocenters. The lowest BCUT2D eigenvalue weighted by molar-refractivity contribution is -0.121. The predicted molar refractivity (Wildman–Crippen MR) is 60.4 cm³/mol. The van der Waals surface area contributed by atoms with Crippen LogP contribution in [0.25, 0.3) is 0 Å². The molecule has 15 heavy (non-hydrogen) atoms. The molecular weight excluding hydrogens is 184 g/mol. The van der Waals surface area contributed by atoms with Crippen LogP contribution in [0.4, 0.5) is 0 Å². The van der Waals surface area contributed by atoms with Crippen LogP contribution in [0.2, 0.25) is 0 Å². The maximum Gasteiger partial charge on any atom is 0.144 e. The minimum absolute atomic E-state index is 0.182. The number of Topliss-reactive ketones (excluding diaryl/α,β-unsaturated/α-hetero) is 1. The topological polar surface area (TPSA) is 17.1 Å². The molecule has 1 heteroatoms. The Bertz CT molecular complexity index is 393. The molecule has 0 heterocycles. The van der Waals surface area contributed by atoms with Gasteiger partial charge in [0.25, 0.3) is 0 Å². The zero-order chi connectivity index (χ0) is 10.7. The van der Waals surface area contributed by atoms with E-state index < -0.39 is 0 Å². The predicted octanol–water partition coefficient (Wildman–Crippen LogP) is 2.70. The van der Waals surface area contributed by atoms with Crippen LogP contribution >= 0.6 is 0 Å². The molecule has 0 radical (unpaired) electrons. The van der Waals surface area contributed by atoms with E-state index in [9.17, 15) is 4.79 Å². The molecule has 0 aromatic heterocycles. The maximum atomic E-state index is 12.0. The van der Waals surface area contributed by atoms with Crippen LogP contribution < -0.4 is 0 Å². The average molecular weight is 198 g/mol. The van der Waals surface area contributed by atoms with E-state index in [2.05, 4.69) is 5.92 Å². The van der Waals surface area contributed by atoms with Crippen LogP contribution in [-0.2, 0) is 10.2 Å². The standard InChI is InChI=1S/C14H14O/c1-2-3-9-13(15)14(10-11-14)12-7-5-4-6-8-12/h1,4-8H,3,9-11H2. The molecular formula is C14H14O. The highest BCUT2D eigenvalue weighted by atomic mass is 16.1. The van der Waals surface area contributed by atoms with Crippen molar-refractivity contribution in [3.8, 4) is 12.3 Å². The van der Waals surface area contributed by atoms with Crippen LogP contribution in [0.5, 0.6) is 0 Å². The van der Waals surface area contributed by atoms with E-state index >= 15 is 0 Å². The lowest BCUT2D eigenvalue weighted by Crippen LogP contribution is -2.19. The molecule has 0 saturated heterocycles. The summed E-state index contributed by atoms with van der Waals surface area (Å²) in [6, 6.07) is 10.0. The number of ketones is 1. The highest BCUT2D eigenvalue weighted by Crippen LogP contribution is 2.49. The summed E-state index contributed by atoms with van der Waals surface area (Å²) in [5.41, 5.74) is 0.977. The van der Waals surface area contributed by atoms with Crippen molar-refractivity contribution >= 4 is 5.78 Å². The Kier molecular flexibility index (Phi) is 2.60. The third-order valence-electron chi connectivity index (χ3n) is 3.11. The molecule has 1 aliphatic carbocycles. The molecule has 1 fully saturated rings. The molecule has 76 valence electrons. The Hall–Kier alpha value is -1.55. The molecule has 0 bridgehead atoms. The van der Waals surface area contributed by atoms with Gasteiger partial charge in [0, 0.05) is 12.8 Å². The molecule has 0 aliphatic heterocycles. The van der Waals surface area contributed by atoms with Crippen LogP contribution in [0.3, 0.4) is 0 Å². The summed E-state index contributed by atoms with van der Waals surface area (Å²) in [6.45, 7) is 0. The van der Waals surface area contributed by atoms with Gasteiger partial charge in [-0.2, -0.15) is 0 Å². The molecule has 1 aromatic rings. The fourth-order valence-corrected chi connectivity index (χ4v) is 2.04. The minimum atomic E-state index is -0.182. The van der Waals surface area contributed by atoms with Crippen molar-refractivity contribution in [1.82, 2.24) is 0 Å². The van der Waals surface area contributed by atoms with Gasteiger partial charge in [0.2, 0.25) is 0 Å². The summed E-state index contributed by atoms with van der Waals surface area (Å²) in [5, 5.41) is 0. The first kappa shape index (κ1) is 9.98. The SMILES string of the molecule is C#CCCC(=O)C1(c2ccccc2)CC1. The van der Waals surface area contributed by atoms with Crippen molar-refractivity contribution in [2.24, 2.45) is 0 Å². The number of carbonyl (C=O) groups is 1. The van der Waals surface area contributed by atoms with Gasteiger partial charge in [0.05, 0.1) is 5.41 Å². The van der Waals surface area contributed by atoms with E-state index in [1.54, 1.807) is 0 Å². The summed E-state index contributed by atoms with van der Waals surface area (Å²) in [7, 11) is 0. The number of hydrogen-bond acceptors (Lipinski definition) is 1. The molecule has 1 saturated carbocycles. The first-order chi connectivity index (χ1) is 7.29. The molecule has 0 spiro atoms. The van der Waals surface area contributed by atoms with E-state index in [-0.39, 0.29) is 5.41 Å². The molecule has 1 aliphatic rings. The number of benzene rings is 1. The second-order valence-electron chi connectivity index (χ2n) is 4.08. The normalized spacial score (nSPS) is 16.7. The zero-order valence-corrected chi connectivity index (χ0v) is 8.70. The smallest absolute Gasteiger partial charge is 0.144 e. The molecule has 0 unspecified atom stereocenters. The van der Waals surface area contributed by atoms with Gasteiger partial charge in [0.1, 0.15) is 5.78 Å². The lowest BCUT2D eigenvalue weighted by atomic mass is 9.89. The van der Waals surface area contributed by atoms with Gasteiger partial charge >= 0.3 is 0 Å². The summed E-state index contributed by atoms with van der Waals surface area (Å²) < 4.78 is 0. The van der Waals surface area contributed by atoms with E-state index in [4.69, 9.17) is 6.42 Å². The van der Waals surface area contributed by atoms with E-state index in [1.807, 2.05) is 30.3 Å². The second kappa shape index (κ2) is 3.90. The van der Waals surface area contributed by atoms with Crippen molar-refractivity contribution in [1.29, 1.82) is 0 Å². The molecule has 1 aromatic carbocycles. The Labute approximate surface area is 90.5 Å². The maximum absolute atomic E-state index is 12.0. The van der Waals surface area contributed by atoms with Crippen LogP contribution in [0, 0.1) is 12.3 Å². The van der Waals surface area contributed by atoms with Gasteiger partial charge in [0.15, 0.2) is 0 Å². The number of terminal acetylenes is 1. The van der Waals surface area contributed by atoms with Gasteiger partial charge in [-0.15, -0.1) is 12.3 Å². The number of carbonyl (C=O) groups excluding carboxylic acids is 1. The largest absolute Gasteiger partial charge is 0.299 e. The van der Waals surface area contributed by atoms with Gasteiger partial charge in [-0.25, -0.2) is 0 Å². The fourth-order valence-electron chi connectivity index (χ4n) is 2.04. The second-order valence-corrected chi connectivity index (χ2v) is 4.08. The first-order valence-corrected chi connectivity index (χ1v) is 5.32. The van der Waals surface area contributed by atoms with Gasteiger partial charge in [-0.1, -0.05) is 30.3 Å². The molecule has 1 nitrogen and oxygen atoms in total. The summed E-state index contributed by atoms with van der Waals surface area (Å²) in [4.78, 5) is 12.0. The Morgan fingerprint density at radius 2 is 2.00 bits per heavy atom. The third-order valence-corrected chi connectivity index (χ3v) is 3.11. The van der Waals surface area contributed by atoms with Gasteiger partial charge in [-0.3, -0.25) is 4.79 Å². The molecule has 2 rings (SSSR count). The van der Waals surface area contributed by atoms with E-state index in [0.717, 1.165) is 18.4 Å². The van der Waals surface area contributed by atoms with Crippen molar-refractivity contribution in [3.05, 3.63) is 35.9 Å². The summed E-state index contributed by atoms with van der Waals surface area (Å²) in [5.74, 6) is 2.84. The van der Waals surface area contributed by atoms with E-state index in [1.165, 1.54) is 0 Å². The highest BCUT2D eigenvalue weighted by molar-refractivity contribution is 5.93. The van der Waals surface area contributed by atoms with Gasteiger partial charge < -0.3 is 0 Å².